The molecule has 0 aliphatic carbocycles. The van der Waals surface area contributed by atoms with Crippen LogP contribution in [0, 0.1) is 0 Å². The molecule has 1 amide bonds. The van der Waals surface area contributed by atoms with Crippen molar-refractivity contribution in [2.24, 2.45) is 0 Å². The van der Waals surface area contributed by atoms with Crippen molar-refractivity contribution < 1.29 is 4.79 Å². The highest BCUT2D eigenvalue weighted by Gasteiger charge is 2.05. The van der Waals surface area contributed by atoms with Crippen LogP contribution in [0.25, 0.3) is 0 Å². The summed E-state index contributed by atoms with van der Waals surface area (Å²) in [5.74, 6) is 0.0319. The van der Waals surface area contributed by atoms with Crippen LogP contribution in [-0.4, -0.2) is 44.0 Å². The standard InChI is InChI=1S/C14H23N3O/c1-12(11-17(2)3)15-10-14(18)16-9-13-7-5-4-6-8-13/h4-8,12,15H,9-11H2,1-3H3,(H,16,18). The van der Waals surface area contributed by atoms with E-state index in [1.807, 2.05) is 44.4 Å². The first-order chi connectivity index (χ1) is 8.58. The van der Waals surface area contributed by atoms with Crippen LogP contribution in [0.4, 0.5) is 0 Å². The first-order valence-electron chi connectivity index (χ1n) is 6.26. The van der Waals surface area contributed by atoms with Crippen molar-refractivity contribution in [3.8, 4) is 0 Å². The van der Waals surface area contributed by atoms with Crippen LogP contribution < -0.4 is 10.6 Å². The third-order valence-electron chi connectivity index (χ3n) is 2.58. The normalized spacial score (nSPS) is 12.4. The van der Waals surface area contributed by atoms with Gasteiger partial charge in [-0.15, -0.1) is 0 Å². The lowest BCUT2D eigenvalue weighted by molar-refractivity contribution is -0.120. The van der Waals surface area contributed by atoms with Gasteiger partial charge in [0, 0.05) is 19.1 Å². The first kappa shape index (κ1) is 14.7. The molecule has 1 unspecified atom stereocenters. The highest BCUT2D eigenvalue weighted by molar-refractivity contribution is 5.77. The fraction of sp³-hybridized carbons (Fsp3) is 0.500. The predicted octanol–water partition coefficient (Wildman–Crippen LogP) is 0.843. The predicted molar refractivity (Wildman–Crippen MR) is 74.3 cm³/mol. The van der Waals surface area contributed by atoms with Crippen molar-refractivity contribution in [2.75, 3.05) is 27.2 Å². The molecule has 0 aliphatic heterocycles. The third-order valence-corrected chi connectivity index (χ3v) is 2.58. The molecule has 0 radical (unpaired) electrons. The average Bonchev–Trinajstić information content (AvgIpc) is 2.34. The second-order valence-electron chi connectivity index (χ2n) is 4.81. The summed E-state index contributed by atoms with van der Waals surface area (Å²) in [5, 5.41) is 6.09. The number of benzene rings is 1. The second kappa shape index (κ2) is 7.84. The lowest BCUT2D eigenvalue weighted by atomic mass is 10.2. The number of hydrogen-bond acceptors (Lipinski definition) is 3. The smallest absolute Gasteiger partial charge is 0.234 e. The molecule has 1 rings (SSSR count). The summed E-state index contributed by atoms with van der Waals surface area (Å²) in [6, 6.07) is 10.2. The van der Waals surface area contributed by atoms with Gasteiger partial charge in [0.2, 0.25) is 5.91 Å². The molecule has 0 fully saturated rings. The molecule has 0 saturated heterocycles. The summed E-state index contributed by atoms with van der Waals surface area (Å²) < 4.78 is 0. The number of amides is 1. The Balaban J connectivity index is 2.18. The van der Waals surface area contributed by atoms with Gasteiger partial charge in [-0.1, -0.05) is 30.3 Å². The Kier molecular flexibility index (Phi) is 6.39. The number of carbonyl (C=O) groups excluding carboxylic acids is 1. The number of nitrogens with zero attached hydrogens (tertiary/aromatic N) is 1. The maximum Gasteiger partial charge on any atom is 0.234 e. The van der Waals surface area contributed by atoms with Gasteiger partial charge in [0.25, 0.3) is 0 Å². The fourth-order valence-corrected chi connectivity index (χ4v) is 1.74. The largest absolute Gasteiger partial charge is 0.351 e. The van der Waals surface area contributed by atoms with Crippen molar-refractivity contribution in [3.05, 3.63) is 35.9 Å². The number of carbonyl (C=O) groups is 1. The summed E-state index contributed by atoms with van der Waals surface area (Å²) in [4.78, 5) is 13.7. The Morgan fingerprint density at radius 2 is 1.94 bits per heavy atom. The minimum absolute atomic E-state index is 0.0319. The average molecular weight is 249 g/mol. The highest BCUT2D eigenvalue weighted by Crippen LogP contribution is 1.96. The Bertz CT molecular complexity index is 351. The third kappa shape index (κ3) is 6.37. The minimum atomic E-state index is 0.0319. The first-order valence-corrected chi connectivity index (χ1v) is 6.26. The van der Waals surface area contributed by atoms with Crippen LogP contribution in [0.1, 0.15) is 12.5 Å². The molecule has 1 aromatic rings. The molecule has 0 aliphatic rings. The van der Waals surface area contributed by atoms with E-state index in [9.17, 15) is 4.79 Å². The Labute approximate surface area is 109 Å². The van der Waals surface area contributed by atoms with E-state index < -0.39 is 0 Å². The molecule has 2 N–H and O–H groups in total. The zero-order valence-corrected chi connectivity index (χ0v) is 11.4. The number of rotatable bonds is 7. The van der Waals surface area contributed by atoms with Gasteiger partial charge in [0.05, 0.1) is 6.54 Å². The lowest BCUT2D eigenvalue weighted by Gasteiger charge is -2.18. The molecule has 0 bridgehead atoms. The Morgan fingerprint density at radius 3 is 2.56 bits per heavy atom. The molecular formula is C14H23N3O. The van der Waals surface area contributed by atoms with Gasteiger partial charge >= 0.3 is 0 Å². The van der Waals surface area contributed by atoms with Gasteiger partial charge < -0.3 is 15.5 Å². The quantitative estimate of drug-likeness (QED) is 0.753. The van der Waals surface area contributed by atoms with Crippen LogP contribution in [0.2, 0.25) is 0 Å². The highest BCUT2D eigenvalue weighted by atomic mass is 16.1. The summed E-state index contributed by atoms with van der Waals surface area (Å²) in [6.45, 7) is 3.95. The summed E-state index contributed by atoms with van der Waals surface area (Å²) in [5.41, 5.74) is 1.12. The van der Waals surface area contributed by atoms with E-state index >= 15 is 0 Å². The SMILES string of the molecule is CC(CN(C)C)NCC(=O)NCc1ccccc1. The summed E-state index contributed by atoms with van der Waals surface area (Å²) in [6.07, 6.45) is 0. The van der Waals surface area contributed by atoms with Crippen LogP contribution in [0.5, 0.6) is 0 Å². The lowest BCUT2D eigenvalue weighted by Crippen LogP contribution is -2.41. The molecule has 0 heterocycles. The zero-order chi connectivity index (χ0) is 13.4. The van der Waals surface area contributed by atoms with Crippen molar-refractivity contribution in [2.45, 2.75) is 19.5 Å². The molecule has 0 spiro atoms. The number of hydrogen-bond donors (Lipinski definition) is 2. The van der Waals surface area contributed by atoms with Crippen molar-refractivity contribution >= 4 is 5.91 Å². The van der Waals surface area contributed by atoms with Crippen LogP contribution in [0.15, 0.2) is 30.3 Å². The molecule has 1 aromatic carbocycles. The van der Waals surface area contributed by atoms with Gasteiger partial charge in [0.15, 0.2) is 0 Å². The van der Waals surface area contributed by atoms with Crippen molar-refractivity contribution in [1.82, 2.24) is 15.5 Å². The summed E-state index contributed by atoms with van der Waals surface area (Å²) in [7, 11) is 4.04. The van der Waals surface area contributed by atoms with Gasteiger partial charge in [0.1, 0.15) is 0 Å². The van der Waals surface area contributed by atoms with Gasteiger partial charge in [-0.2, -0.15) is 0 Å². The maximum absolute atomic E-state index is 11.6. The minimum Gasteiger partial charge on any atom is -0.351 e. The zero-order valence-electron chi connectivity index (χ0n) is 11.4. The van der Waals surface area contributed by atoms with Gasteiger partial charge in [-0.3, -0.25) is 4.79 Å². The number of nitrogens with one attached hydrogen (secondary N) is 2. The van der Waals surface area contributed by atoms with E-state index in [2.05, 4.69) is 22.5 Å². The van der Waals surface area contributed by atoms with Gasteiger partial charge in [-0.05, 0) is 26.6 Å². The molecule has 4 heteroatoms. The van der Waals surface area contributed by atoms with E-state index in [1.54, 1.807) is 0 Å². The topological polar surface area (TPSA) is 44.4 Å². The molecule has 0 aromatic heterocycles. The molecule has 4 nitrogen and oxygen atoms in total. The van der Waals surface area contributed by atoms with E-state index in [4.69, 9.17) is 0 Å². The van der Waals surface area contributed by atoms with E-state index in [1.165, 1.54) is 0 Å². The molecule has 18 heavy (non-hydrogen) atoms. The monoisotopic (exact) mass is 249 g/mol. The fourth-order valence-electron chi connectivity index (χ4n) is 1.74. The van der Waals surface area contributed by atoms with Gasteiger partial charge in [-0.25, -0.2) is 0 Å². The van der Waals surface area contributed by atoms with E-state index in [0.29, 0.717) is 19.1 Å². The van der Waals surface area contributed by atoms with Crippen LogP contribution in [-0.2, 0) is 11.3 Å². The molecule has 100 valence electrons. The second-order valence-corrected chi connectivity index (χ2v) is 4.81. The Hall–Kier alpha value is -1.39. The van der Waals surface area contributed by atoms with Crippen molar-refractivity contribution in [1.29, 1.82) is 0 Å². The summed E-state index contributed by atoms with van der Waals surface area (Å²) >= 11 is 0. The van der Waals surface area contributed by atoms with E-state index in [0.717, 1.165) is 12.1 Å². The molecule has 0 saturated carbocycles. The molecule has 1 atom stereocenters. The van der Waals surface area contributed by atoms with Crippen molar-refractivity contribution in [3.63, 3.8) is 0 Å². The maximum atomic E-state index is 11.6. The van der Waals surface area contributed by atoms with E-state index in [-0.39, 0.29) is 5.91 Å². The molecular weight excluding hydrogens is 226 g/mol. The Morgan fingerprint density at radius 1 is 1.28 bits per heavy atom. The number of likely N-dealkylation sites (N-methyl/N-ethyl adjacent to an activating group) is 1. The van der Waals surface area contributed by atoms with Crippen LogP contribution in [0.3, 0.4) is 0 Å². The van der Waals surface area contributed by atoms with Crippen LogP contribution >= 0.6 is 0 Å².